The molecule has 1 aliphatic heterocycles. The summed E-state index contributed by atoms with van der Waals surface area (Å²) in [6.07, 6.45) is 0. The zero-order chi connectivity index (χ0) is 28.9. The summed E-state index contributed by atoms with van der Waals surface area (Å²) in [5, 5.41) is 11.8. The van der Waals surface area contributed by atoms with E-state index in [0.717, 1.165) is 16.8 Å². The molecule has 1 unspecified atom stereocenters. The highest BCUT2D eigenvalue weighted by molar-refractivity contribution is 6.51. The van der Waals surface area contributed by atoms with Crippen molar-refractivity contribution in [3.63, 3.8) is 0 Å². The zero-order valence-electron chi connectivity index (χ0n) is 23.9. The van der Waals surface area contributed by atoms with Gasteiger partial charge in [-0.3, -0.25) is 14.5 Å². The van der Waals surface area contributed by atoms with E-state index in [-0.39, 0.29) is 22.7 Å². The van der Waals surface area contributed by atoms with Crippen LogP contribution in [0.4, 0.5) is 11.6 Å². The van der Waals surface area contributed by atoms with Crippen LogP contribution in [0.5, 0.6) is 5.75 Å². The van der Waals surface area contributed by atoms with Crippen LogP contribution < -0.4 is 14.5 Å². The van der Waals surface area contributed by atoms with Crippen molar-refractivity contribution >= 4 is 40.1 Å². The Morgan fingerprint density at radius 1 is 1.02 bits per heavy atom. The molecule has 0 radical (unpaired) electrons. The number of hydrogen-bond acceptors (Lipinski definition) is 6. The van der Waals surface area contributed by atoms with E-state index in [0.29, 0.717) is 27.9 Å². The second kappa shape index (κ2) is 9.86. The lowest BCUT2D eigenvalue weighted by molar-refractivity contribution is -0.132. The minimum atomic E-state index is -0.892. The van der Waals surface area contributed by atoms with E-state index >= 15 is 0 Å². The largest absolute Gasteiger partial charge is 0.507 e. The number of amides is 1. The Labute approximate surface area is 233 Å². The number of ether oxygens (including phenoxy) is 1. The Morgan fingerprint density at radius 3 is 2.35 bits per heavy atom. The molecular formula is C32H34N4O4. The molecule has 0 bridgehead atoms. The number of Topliss-reactive ketones (excluding diaryl/α,β-unsaturated/α-hetero) is 1. The summed E-state index contributed by atoms with van der Waals surface area (Å²) < 4.78 is 5.33. The molecule has 2 N–H and O–H groups in total. The molecule has 1 atom stereocenters. The van der Waals surface area contributed by atoms with Crippen LogP contribution in [0.25, 0.3) is 16.8 Å². The number of fused-ring (bicyclic) bond motifs is 1. The van der Waals surface area contributed by atoms with Gasteiger partial charge in [0.1, 0.15) is 11.5 Å². The number of aryl methyl sites for hydroxylation is 1. The molecule has 1 aliphatic rings. The van der Waals surface area contributed by atoms with Gasteiger partial charge in [0.25, 0.3) is 5.78 Å². The number of anilines is 2. The lowest BCUT2D eigenvalue weighted by Gasteiger charge is -2.24. The maximum Gasteiger partial charge on any atom is 0.302 e. The van der Waals surface area contributed by atoms with Gasteiger partial charge in [-0.2, -0.15) is 0 Å². The average Bonchev–Trinajstić information content (AvgIpc) is 3.45. The van der Waals surface area contributed by atoms with Crippen molar-refractivity contribution < 1.29 is 19.4 Å². The van der Waals surface area contributed by atoms with Crippen molar-refractivity contribution in [1.82, 2.24) is 9.97 Å². The lowest BCUT2D eigenvalue weighted by atomic mass is 9.84. The molecule has 8 heteroatoms. The Hall–Kier alpha value is -4.59. The van der Waals surface area contributed by atoms with Gasteiger partial charge in [0.2, 0.25) is 5.95 Å². The molecule has 1 fully saturated rings. The fourth-order valence-electron chi connectivity index (χ4n) is 5.03. The van der Waals surface area contributed by atoms with Crippen molar-refractivity contribution in [3.05, 3.63) is 88.5 Å². The number of imidazole rings is 1. The number of ketones is 1. The first-order valence-electron chi connectivity index (χ1n) is 13.1. The number of nitrogens with zero attached hydrogens (tertiary/aromatic N) is 3. The second-order valence-electron chi connectivity index (χ2n) is 11.4. The topological polar surface area (TPSA) is 98.8 Å². The van der Waals surface area contributed by atoms with Crippen molar-refractivity contribution in [2.75, 3.05) is 31.0 Å². The van der Waals surface area contributed by atoms with E-state index in [1.54, 1.807) is 25.3 Å². The van der Waals surface area contributed by atoms with Crippen molar-refractivity contribution in [2.24, 2.45) is 0 Å². The molecule has 8 nitrogen and oxygen atoms in total. The molecule has 40 heavy (non-hydrogen) atoms. The van der Waals surface area contributed by atoms with Gasteiger partial charge in [0.15, 0.2) is 0 Å². The minimum absolute atomic E-state index is 0.0230. The number of carbonyl (C=O) groups is 2. The number of aliphatic hydroxyl groups excluding tert-OH is 1. The van der Waals surface area contributed by atoms with Crippen LogP contribution in [-0.2, 0) is 15.0 Å². The van der Waals surface area contributed by atoms with Gasteiger partial charge in [-0.25, -0.2) is 4.98 Å². The molecule has 1 aromatic heterocycles. The molecule has 5 rings (SSSR count). The van der Waals surface area contributed by atoms with Crippen molar-refractivity contribution in [2.45, 2.75) is 39.2 Å². The summed E-state index contributed by atoms with van der Waals surface area (Å²) >= 11 is 0. The summed E-state index contributed by atoms with van der Waals surface area (Å²) in [6.45, 7) is 8.14. The fraction of sp³-hybridized carbons (Fsp3) is 0.281. The smallest absolute Gasteiger partial charge is 0.302 e. The van der Waals surface area contributed by atoms with Crippen LogP contribution in [0.15, 0.2) is 66.2 Å². The van der Waals surface area contributed by atoms with Gasteiger partial charge in [0, 0.05) is 31.4 Å². The van der Waals surface area contributed by atoms with E-state index in [1.165, 1.54) is 4.90 Å². The predicted octanol–water partition coefficient (Wildman–Crippen LogP) is 5.87. The van der Waals surface area contributed by atoms with Gasteiger partial charge < -0.3 is 19.7 Å². The summed E-state index contributed by atoms with van der Waals surface area (Å²) in [5.41, 5.74) is 5.09. The maximum atomic E-state index is 13.7. The number of aliphatic hydroxyl groups is 1. The van der Waals surface area contributed by atoms with Crippen LogP contribution >= 0.6 is 0 Å². The predicted molar refractivity (Wildman–Crippen MR) is 158 cm³/mol. The van der Waals surface area contributed by atoms with Crippen molar-refractivity contribution in [1.29, 1.82) is 0 Å². The van der Waals surface area contributed by atoms with E-state index in [2.05, 4.69) is 30.7 Å². The first-order chi connectivity index (χ1) is 18.9. The number of aromatic nitrogens is 2. The van der Waals surface area contributed by atoms with Crippen LogP contribution in [0.2, 0.25) is 0 Å². The van der Waals surface area contributed by atoms with Crippen LogP contribution in [-0.4, -0.2) is 48.0 Å². The highest BCUT2D eigenvalue weighted by Gasteiger charge is 2.48. The molecule has 3 aromatic carbocycles. The Balaban J connectivity index is 1.74. The molecule has 0 aliphatic carbocycles. The Bertz CT molecular complexity index is 1660. The number of carbonyl (C=O) groups excluding carboxylic acids is 2. The minimum Gasteiger partial charge on any atom is -0.507 e. The maximum absolute atomic E-state index is 13.7. The number of nitrogens with one attached hydrogen (secondary N) is 1. The third kappa shape index (κ3) is 4.59. The number of benzene rings is 3. The summed E-state index contributed by atoms with van der Waals surface area (Å²) in [5.74, 6) is -0.887. The molecule has 1 amide bonds. The molecular weight excluding hydrogens is 504 g/mol. The van der Waals surface area contributed by atoms with E-state index < -0.39 is 17.7 Å². The number of rotatable bonds is 5. The Kier molecular flexibility index (Phi) is 6.66. The molecule has 206 valence electrons. The van der Waals surface area contributed by atoms with Gasteiger partial charge >= 0.3 is 5.91 Å². The van der Waals surface area contributed by atoms with Crippen LogP contribution in [0.3, 0.4) is 0 Å². The summed E-state index contributed by atoms with van der Waals surface area (Å²) in [7, 11) is 5.45. The van der Waals surface area contributed by atoms with Gasteiger partial charge in [0.05, 0.1) is 29.8 Å². The number of methoxy groups -OCH3 is 1. The number of hydrogen-bond donors (Lipinski definition) is 2. The van der Waals surface area contributed by atoms with Gasteiger partial charge in [-0.05, 0) is 59.4 Å². The third-order valence-electron chi connectivity index (χ3n) is 7.43. The Morgan fingerprint density at radius 2 is 1.73 bits per heavy atom. The van der Waals surface area contributed by atoms with Crippen LogP contribution in [0, 0.1) is 6.92 Å². The molecule has 0 spiro atoms. The number of aromatic amines is 1. The monoisotopic (exact) mass is 538 g/mol. The first kappa shape index (κ1) is 27.0. The highest BCUT2D eigenvalue weighted by atomic mass is 16.5. The molecule has 1 saturated heterocycles. The molecule has 0 saturated carbocycles. The van der Waals surface area contributed by atoms with E-state index in [4.69, 9.17) is 4.74 Å². The quantitative estimate of drug-likeness (QED) is 0.187. The summed E-state index contributed by atoms with van der Waals surface area (Å²) in [6, 6.07) is 17.9. The zero-order valence-corrected chi connectivity index (χ0v) is 23.9. The second-order valence-corrected chi connectivity index (χ2v) is 11.4. The van der Waals surface area contributed by atoms with E-state index in [9.17, 15) is 14.7 Å². The lowest BCUT2D eigenvalue weighted by Crippen LogP contribution is -2.30. The summed E-state index contributed by atoms with van der Waals surface area (Å²) in [4.78, 5) is 38.5. The third-order valence-corrected chi connectivity index (χ3v) is 7.43. The van der Waals surface area contributed by atoms with Gasteiger partial charge in [-0.15, -0.1) is 0 Å². The molecule has 4 aromatic rings. The highest BCUT2D eigenvalue weighted by Crippen LogP contribution is 2.43. The van der Waals surface area contributed by atoms with E-state index in [1.807, 2.05) is 68.4 Å². The standard InChI is InChI=1S/C32H34N4O4/c1-18-8-11-20(32(2,3)4)16-23(18)28(37)26-27(19-9-12-21(13-10-19)35(5)6)36(30(39)29(26)38)31-33-24-15-14-22(40-7)17-25(24)34-31/h8-17,27,37H,1-7H3,(H,33,34)/b28-26+. The fourth-order valence-corrected chi connectivity index (χ4v) is 5.03. The molecule has 2 heterocycles. The average molecular weight is 539 g/mol. The van der Waals surface area contributed by atoms with Crippen molar-refractivity contribution in [3.8, 4) is 5.75 Å². The number of H-pyrrole nitrogens is 1. The van der Waals surface area contributed by atoms with Gasteiger partial charge in [-0.1, -0.05) is 45.0 Å². The SMILES string of the molecule is COc1ccc2nc(N3C(=O)C(=O)/C(=C(/O)c4cc(C(C)(C)C)ccc4C)C3c3ccc(N(C)C)cc3)[nH]c2c1. The normalized spacial score (nSPS) is 17.1. The van der Waals surface area contributed by atoms with Crippen LogP contribution in [0.1, 0.15) is 49.1 Å². The first-order valence-corrected chi connectivity index (χ1v) is 13.1.